The Labute approximate surface area is 87.5 Å². The van der Waals surface area contributed by atoms with Gasteiger partial charge in [-0.1, -0.05) is 6.07 Å². The minimum absolute atomic E-state index is 0.293. The lowest BCUT2D eigenvalue weighted by atomic mass is 10.2. The van der Waals surface area contributed by atoms with Crippen LogP contribution in [-0.4, -0.2) is 9.68 Å². The number of aryl methyl sites for hydroxylation is 1. The highest BCUT2D eigenvalue weighted by Crippen LogP contribution is 2.23. The minimum Gasteiger partial charge on any atom is -0.376 e. The lowest BCUT2D eigenvalue weighted by Crippen LogP contribution is -2.18. The second-order valence-electron chi connectivity index (χ2n) is 3.15. The van der Waals surface area contributed by atoms with E-state index in [-0.39, 0.29) is 0 Å². The molecular formula is C10H11N3S. The number of fused-ring (bicyclic) bond motifs is 1. The van der Waals surface area contributed by atoms with Gasteiger partial charge in [0.25, 0.3) is 0 Å². The van der Waals surface area contributed by atoms with Gasteiger partial charge in [-0.3, -0.25) is 0 Å². The quantitative estimate of drug-likeness (QED) is 0.698. The van der Waals surface area contributed by atoms with E-state index in [1.807, 2.05) is 31.4 Å². The molecular weight excluding hydrogens is 194 g/mol. The van der Waals surface area contributed by atoms with Crippen LogP contribution in [0.4, 0.5) is 5.69 Å². The molecule has 0 saturated heterocycles. The van der Waals surface area contributed by atoms with Gasteiger partial charge in [0.05, 0.1) is 0 Å². The molecule has 3 N–H and O–H groups in total. The van der Waals surface area contributed by atoms with E-state index in [4.69, 9.17) is 18.0 Å². The maximum absolute atomic E-state index is 5.44. The number of thiocarbonyl (C=S) groups is 1. The number of hydrogen-bond acceptors (Lipinski definition) is 1. The number of hydrogen-bond donors (Lipinski definition) is 2. The molecule has 0 saturated carbocycles. The van der Waals surface area contributed by atoms with Crippen LogP contribution < -0.4 is 11.1 Å². The van der Waals surface area contributed by atoms with Gasteiger partial charge in [-0.2, -0.15) is 0 Å². The van der Waals surface area contributed by atoms with Crippen LogP contribution in [0.1, 0.15) is 0 Å². The Kier molecular flexibility index (Phi) is 2.13. The van der Waals surface area contributed by atoms with Crippen molar-refractivity contribution in [3.05, 3.63) is 30.5 Å². The molecule has 0 aliphatic rings. The Morgan fingerprint density at radius 2 is 2.21 bits per heavy atom. The van der Waals surface area contributed by atoms with Crippen molar-refractivity contribution in [1.29, 1.82) is 0 Å². The minimum atomic E-state index is 0.293. The molecule has 72 valence electrons. The number of aromatic nitrogens is 1. The summed E-state index contributed by atoms with van der Waals surface area (Å²) in [5, 5.41) is 4.38. The maximum Gasteiger partial charge on any atom is 0.168 e. The Morgan fingerprint density at radius 3 is 2.93 bits per heavy atom. The van der Waals surface area contributed by atoms with Gasteiger partial charge < -0.3 is 15.6 Å². The largest absolute Gasteiger partial charge is 0.376 e. The number of anilines is 1. The summed E-state index contributed by atoms with van der Waals surface area (Å²) in [7, 11) is 2.01. The summed E-state index contributed by atoms with van der Waals surface area (Å²) in [5.74, 6) is 0. The first kappa shape index (κ1) is 9.02. The summed E-state index contributed by atoms with van der Waals surface area (Å²) in [5.41, 5.74) is 7.55. The van der Waals surface area contributed by atoms with Crippen molar-refractivity contribution in [1.82, 2.24) is 4.57 Å². The van der Waals surface area contributed by atoms with Crippen LogP contribution in [0.5, 0.6) is 0 Å². The molecule has 0 radical (unpaired) electrons. The Hall–Kier alpha value is -1.55. The van der Waals surface area contributed by atoms with Gasteiger partial charge >= 0.3 is 0 Å². The average Bonchev–Trinajstić information content (AvgIpc) is 2.49. The predicted octanol–water partition coefficient (Wildman–Crippen LogP) is 1.83. The summed E-state index contributed by atoms with van der Waals surface area (Å²) in [4.78, 5) is 0. The second-order valence-corrected chi connectivity index (χ2v) is 3.59. The molecule has 0 unspecified atom stereocenters. The molecule has 1 aromatic heterocycles. The molecule has 0 aliphatic heterocycles. The van der Waals surface area contributed by atoms with E-state index in [9.17, 15) is 0 Å². The molecule has 0 atom stereocenters. The van der Waals surface area contributed by atoms with E-state index >= 15 is 0 Å². The van der Waals surface area contributed by atoms with Crippen LogP contribution >= 0.6 is 12.2 Å². The van der Waals surface area contributed by atoms with E-state index < -0.39 is 0 Å². The first-order valence-electron chi connectivity index (χ1n) is 4.29. The topological polar surface area (TPSA) is 43.0 Å². The monoisotopic (exact) mass is 205 g/mol. The van der Waals surface area contributed by atoms with Crippen molar-refractivity contribution in [3.8, 4) is 0 Å². The Bertz CT molecular complexity index is 487. The normalized spacial score (nSPS) is 10.4. The number of nitrogens with one attached hydrogen (secondary N) is 1. The van der Waals surface area contributed by atoms with Crippen molar-refractivity contribution in [2.24, 2.45) is 12.8 Å². The standard InChI is InChI=1S/C10H11N3S/c1-13-6-5-7-8(12-10(11)14)3-2-4-9(7)13/h2-6H,1H3,(H3,11,12,14). The van der Waals surface area contributed by atoms with Gasteiger partial charge in [0.1, 0.15) is 0 Å². The van der Waals surface area contributed by atoms with Crippen LogP contribution in [0.15, 0.2) is 30.5 Å². The fourth-order valence-electron chi connectivity index (χ4n) is 1.54. The lowest BCUT2D eigenvalue weighted by molar-refractivity contribution is 0.969. The second kappa shape index (κ2) is 3.31. The number of nitrogens with two attached hydrogens (primary N) is 1. The molecule has 2 rings (SSSR count). The fraction of sp³-hybridized carbons (Fsp3) is 0.100. The summed E-state index contributed by atoms with van der Waals surface area (Å²) in [6.07, 6.45) is 2.01. The van der Waals surface area contributed by atoms with Gasteiger partial charge in [0.2, 0.25) is 0 Å². The molecule has 4 heteroatoms. The molecule has 1 heterocycles. The highest BCUT2D eigenvalue weighted by Gasteiger charge is 2.02. The third kappa shape index (κ3) is 1.44. The Morgan fingerprint density at radius 1 is 1.43 bits per heavy atom. The van der Waals surface area contributed by atoms with Crippen LogP contribution in [0, 0.1) is 0 Å². The van der Waals surface area contributed by atoms with Crippen molar-refractivity contribution >= 4 is 33.9 Å². The third-order valence-electron chi connectivity index (χ3n) is 2.19. The summed E-state index contributed by atoms with van der Waals surface area (Å²) >= 11 is 4.81. The highest BCUT2D eigenvalue weighted by molar-refractivity contribution is 7.80. The molecule has 14 heavy (non-hydrogen) atoms. The average molecular weight is 205 g/mol. The molecule has 0 spiro atoms. The van der Waals surface area contributed by atoms with Crippen molar-refractivity contribution in [3.63, 3.8) is 0 Å². The van der Waals surface area contributed by atoms with E-state index in [1.54, 1.807) is 0 Å². The van der Waals surface area contributed by atoms with Crippen molar-refractivity contribution < 1.29 is 0 Å². The zero-order valence-electron chi connectivity index (χ0n) is 7.82. The Balaban J connectivity index is 2.59. The zero-order chi connectivity index (χ0) is 10.1. The fourth-order valence-corrected chi connectivity index (χ4v) is 1.65. The van der Waals surface area contributed by atoms with Crippen LogP contribution in [-0.2, 0) is 7.05 Å². The molecule has 0 amide bonds. The molecule has 0 bridgehead atoms. The van der Waals surface area contributed by atoms with Crippen LogP contribution in [0.3, 0.4) is 0 Å². The van der Waals surface area contributed by atoms with E-state index in [0.717, 1.165) is 16.6 Å². The van der Waals surface area contributed by atoms with Gasteiger partial charge in [-0.05, 0) is 30.4 Å². The highest BCUT2D eigenvalue weighted by atomic mass is 32.1. The molecule has 3 nitrogen and oxygen atoms in total. The SMILES string of the molecule is Cn1ccc2c(NC(N)=S)cccc21. The first-order valence-corrected chi connectivity index (χ1v) is 4.70. The number of benzene rings is 1. The maximum atomic E-state index is 5.44. The van der Waals surface area contributed by atoms with E-state index in [2.05, 4.69) is 16.0 Å². The smallest absolute Gasteiger partial charge is 0.168 e. The van der Waals surface area contributed by atoms with E-state index in [0.29, 0.717) is 5.11 Å². The molecule has 0 aliphatic carbocycles. The summed E-state index contributed by atoms with van der Waals surface area (Å²) in [6.45, 7) is 0. The number of nitrogens with zero attached hydrogens (tertiary/aromatic N) is 1. The molecule has 2 aromatic rings. The summed E-state index contributed by atoms with van der Waals surface area (Å²) in [6, 6.07) is 8.03. The number of rotatable bonds is 1. The molecule has 1 aromatic carbocycles. The van der Waals surface area contributed by atoms with Crippen molar-refractivity contribution in [2.75, 3.05) is 5.32 Å². The third-order valence-corrected chi connectivity index (χ3v) is 2.29. The van der Waals surface area contributed by atoms with Crippen molar-refractivity contribution in [2.45, 2.75) is 0 Å². The summed E-state index contributed by atoms with van der Waals surface area (Å²) < 4.78 is 2.06. The van der Waals surface area contributed by atoms with Gasteiger partial charge in [-0.15, -0.1) is 0 Å². The zero-order valence-corrected chi connectivity index (χ0v) is 8.64. The van der Waals surface area contributed by atoms with Crippen LogP contribution in [0.2, 0.25) is 0 Å². The predicted molar refractivity (Wildman–Crippen MR) is 63.3 cm³/mol. The lowest BCUT2D eigenvalue weighted by Gasteiger charge is -2.05. The van der Waals surface area contributed by atoms with Gasteiger partial charge in [-0.25, -0.2) is 0 Å². The van der Waals surface area contributed by atoms with Crippen LogP contribution in [0.25, 0.3) is 10.9 Å². The first-order chi connectivity index (χ1) is 6.68. The van der Waals surface area contributed by atoms with E-state index in [1.165, 1.54) is 0 Å². The van der Waals surface area contributed by atoms with Gasteiger partial charge in [0, 0.05) is 29.8 Å². The van der Waals surface area contributed by atoms with Gasteiger partial charge in [0.15, 0.2) is 5.11 Å². The molecule has 0 fully saturated rings.